The number of benzene rings is 1. The maximum atomic E-state index is 12.5. The fourth-order valence-corrected chi connectivity index (χ4v) is 3.35. The summed E-state index contributed by atoms with van der Waals surface area (Å²) in [6.07, 6.45) is 5.03. The van der Waals surface area contributed by atoms with Gasteiger partial charge in [-0.25, -0.2) is 0 Å². The van der Waals surface area contributed by atoms with Crippen LogP contribution in [0.3, 0.4) is 0 Å². The Hall–Kier alpha value is -2.51. The van der Waals surface area contributed by atoms with Crippen LogP contribution in [0.1, 0.15) is 15.9 Å². The van der Waals surface area contributed by atoms with Crippen molar-refractivity contribution in [3.63, 3.8) is 0 Å². The lowest BCUT2D eigenvalue weighted by atomic mass is 10.2. The summed E-state index contributed by atoms with van der Waals surface area (Å²) in [5, 5.41) is 10.8. The monoisotopic (exact) mass is 341 g/mol. The molecule has 23 heavy (non-hydrogen) atoms. The lowest BCUT2D eigenvalue weighted by molar-refractivity contribution is -0.255. The summed E-state index contributed by atoms with van der Waals surface area (Å²) in [6, 6.07) is 9.42. The van der Waals surface area contributed by atoms with Gasteiger partial charge in [0.25, 0.3) is 5.91 Å². The number of carbonyl (C=O) groups excluding carboxylic acids is 2. The number of amides is 1. The highest BCUT2D eigenvalue weighted by Gasteiger charge is 2.33. The summed E-state index contributed by atoms with van der Waals surface area (Å²) < 4.78 is 0.400. The first-order chi connectivity index (χ1) is 11.1. The highest BCUT2D eigenvalue weighted by Crippen LogP contribution is 2.35. The molecule has 0 bridgehead atoms. The second kappa shape index (κ2) is 6.31. The molecule has 1 saturated heterocycles. The second-order valence-electron chi connectivity index (χ2n) is 4.63. The number of rotatable bonds is 3. The van der Waals surface area contributed by atoms with Crippen LogP contribution in [-0.4, -0.2) is 21.2 Å². The zero-order chi connectivity index (χ0) is 16.4. The number of aromatic nitrogens is 1. The van der Waals surface area contributed by atoms with Crippen LogP contribution in [0.2, 0.25) is 0 Å². The molecule has 0 N–H and O–H groups in total. The van der Waals surface area contributed by atoms with Crippen LogP contribution in [0.4, 0.5) is 5.69 Å². The van der Waals surface area contributed by atoms with Gasteiger partial charge in [0.2, 0.25) is 0 Å². The first-order valence-electron chi connectivity index (χ1n) is 6.55. The lowest BCUT2D eigenvalue weighted by Crippen LogP contribution is -2.28. The van der Waals surface area contributed by atoms with Crippen molar-refractivity contribution in [1.29, 1.82) is 0 Å². The molecule has 0 unspecified atom stereocenters. The van der Waals surface area contributed by atoms with Gasteiger partial charge in [0.05, 0.1) is 16.6 Å². The van der Waals surface area contributed by atoms with Crippen molar-refractivity contribution in [2.45, 2.75) is 0 Å². The molecule has 0 radical (unpaired) electrons. The van der Waals surface area contributed by atoms with Gasteiger partial charge < -0.3 is 9.90 Å². The van der Waals surface area contributed by atoms with Gasteiger partial charge in [-0.15, -0.1) is 0 Å². The number of carboxylic acids is 1. The number of carboxylic acid groups (broad SMARTS) is 1. The third-order valence-corrected chi connectivity index (χ3v) is 4.46. The molecular weight excluding hydrogens is 332 g/mol. The fourth-order valence-electron chi connectivity index (χ4n) is 2.05. The maximum Gasteiger partial charge on any atom is 0.270 e. The van der Waals surface area contributed by atoms with Gasteiger partial charge in [0.1, 0.15) is 0 Å². The van der Waals surface area contributed by atoms with Gasteiger partial charge in [0, 0.05) is 12.4 Å². The number of carbonyl (C=O) groups is 2. The highest BCUT2D eigenvalue weighted by atomic mass is 32.2. The van der Waals surface area contributed by atoms with E-state index in [9.17, 15) is 14.7 Å². The number of hydrogen-bond acceptors (Lipinski definition) is 6. The number of anilines is 1. The molecule has 0 atom stereocenters. The van der Waals surface area contributed by atoms with E-state index in [2.05, 4.69) is 4.98 Å². The minimum Gasteiger partial charge on any atom is -0.545 e. The van der Waals surface area contributed by atoms with Crippen LogP contribution < -0.4 is 10.0 Å². The molecule has 0 aliphatic carbocycles. The van der Waals surface area contributed by atoms with E-state index in [0.717, 1.165) is 5.56 Å². The van der Waals surface area contributed by atoms with Gasteiger partial charge in [-0.3, -0.25) is 14.7 Å². The molecule has 1 aliphatic rings. The SMILES string of the molecule is O=C([O-])c1ccc(N2C(=O)/C(=C\c3ccncc3)SC2=S)cc1. The average molecular weight is 341 g/mol. The van der Waals surface area contributed by atoms with Crippen molar-refractivity contribution in [2.75, 3.05) is 4.90 Å². The predicted molar refractivity (Wildman–Crippen MR) is 90.7 cm³/mol. The normalized spacial score (nSPS) is 16.2. The van der Waals surface area contributed by atoms with Crippen LogP contribution in [0.5, 0.6) is 0 Å². The highest BCUT2D eigenvalue weighted by molar-refractivity contribution is 8.27. The largest absolute Gasteiger partial charge is 0.545 e. The third kappa shape index (κ3) is 3.15. The number of thioether (sulfide) groups is 1. The second-order valence-corrected chi connectivity index (χ2v) is 6.31. The zero-order valence-corrected chi connectivity index (χ0v) is 13.3. The molecule has 0 spiro atoms. The Kier molecular flexibility index (Phi) is 4.22. The summed E-state index contributed by atoms with van der Waals surface area (Å²) in [4.78, 5) is 29.1. The van der Waals surface area contributed by atoms with E-state index < -0.39 is 5.97 Å². The van der Waals surface area contributed by atoms with Gasteiger partial charge in [-0.2, -0.15) is 0 Å². The van der Waals surface area contributed by atoms with Crippen molar-refractivity contribution in [1.82, 2.24) is 4.98 Å². The standard InChI is InChI=1S/C16H10N2O3S2/c19-14-13(9-10-5-7-17-8-6-10)23-16(22)18(14)12-3-1-11(2-4-12)15(20)21/h1-9H,(H,20,21)/p-1/b13-9+. The van der Waals surface area contributed by atoms with Crippen molar-refractivity contribution in [3.8, 4) is 0 Å². The summed E-state index contributed by atoms with van der Waals surface area (Å²) in [7, 11) is 0. The number of nitrogens with zero attached hydrogens (tertiary/aromatic N) is 2. The Balaban J connectivity index is 1.90. The van der Waals surface area contributed by atoms with Gasteiger partial charge in [-0.05, 0) is 41.5 Å². The third-order valence-electron chi connectivity index (χ3n) is 3.16. The van der Waals surface area contributed by atoms with E-state index in [1.807, 2.05) is 0 Å². The number of aromatic carboxylic acids is 1. The molecule has 114 valence electrons. The van der Waals surface area contributed by atoms with Crippen LogP contribution in [0, 0.1) is 0 Å². The summed E-state index contributed by atoms with van der Waals surface area (Å²) in [5.41, 5.74) is 1.43. The molecule has 1 aromatic heterocycles. The van der Waals surface area contributed by atoms with E-state index in [-0.39, 0.29) is 11.5 Å². The molecule has 5 nitrogen and oxygen atoms in total. The van der Waals surface area contributed by atoms with Crippen LogP contribution in [0.25, 0.3) is 6.08 Å². The van der Waals surface area contributed by atoms with Gasteiger partial charge >= 0.3 is 0 Å². The molecule has 1 aliphatic heterocycles. The van der Waals surface area contributed by atoms with Crippen molar-refractivity contribution >= 4 is 51.9 Å². The topological polar surface area (TPSA) is 73.3 Å². The Morgan fingerprint density at radius 2 is 1.83 bits per heavy atom. The minimum absolute atomic E-state index is 0.0477. The summed E-state index contributed by atoms with van der Waals surface area (Å²) in [6.45, 7) is 0. The Labute approximate surface area is 141 Å². The Morgan fingerprint density at radius 1 is 1.17 bits per heavy atom. The van der Waals surface area contributed by atoms with Crippen molar-refractivity contribution < 1.29 is 14.7 Å². The smallest absolute Gasteiger partial charge is 0.270 e. The van der Waals surface area contributed by atoms with E-state index in [1.54, 1.807) is 30.6 Å². The molecule has 0 saturated carbocycles. The molecule has 1 amide bonds. The Morgan fingerprint density at radius 3 is 2.43 bits per heavy atom. The fraction of sp³-hybridized carbons (Fsp3) is 0. The van der Waals surface area contributed by atoms with E-state index in [0.29, 0.717) is 14.9 Å². The quantitative estimate of drug-likeness (QED) is 0.627. The molecule has 2 aromatic rings. The maximum absolute atomic E-state index is 12.5. The molecular formula is C16H9N2O3S2-. The van der Waals surface area contributed by atoms with E-state index >= 15 is 0 Å². The molecule has 3 rings (SSSR count). The predicted octanol–water partition coefficient (Wildman–Crippen LogP) is 1.85. The zero-order valence-electron chi connectivity index (χ0n) is 11.6. The first kappa shape index (κ1) is 15.4. The van der Waals surface area contributed by atoms with Crippen molar-refractivity contribution in [2.24, 2.45) is 0 Å². The minimum atomic E-state index is -1.26. The molecule has 1 aromatic carbocycles. The van der Waals surface area contributed by atoms with E-state index in [4.69, 9.17) is 12.2 Å². The van der Waals surface area contributed by atoms with Crippen LogP contribution >= 0.6 is 24.0 Å². The molecule has 7 heteroatoms. The molecule has 2 heterocycles. The van der Waals surface area contributed by atoms with Crippen LogP contribution in [0.15, 0.2) is 53.7 Å². The lowest BCUT2D eigenvalue weighted by Gasteiger charge is -2.15. The van der Waals surface area contributed by atoms with Gasteiger partial charge in [0.15, 0.2) is 4.32 Å². The summed E-state index contributed by atoms with van der Waals surface area (Å²) in [5.74, 6) is -1.50. The van der Waals surface area contributed by atoms with Gasteiger partial charge in [-0.1, -0.05) is 36.1 Å². The number of thiocarbonyl (C=S) groups is 1. The van der Waals surface area contributed by atoms with Crippen LogP contribution in [-0.2, 0) is 4.79 Å². The first-order valence-corrected chi connectivity index (χ1v) is 7.78. The summed E-state index contributed by atoms with van der Waals surface area (Å²) >= 11 is 6.47. The average Bonchev–Trinajstić information content (AvgIpc) is 2.82. The number of pyridine rings is 1. The van der Waals surface area contributed by atoms with Crippen molar-refractivity contribution in [3.05, 3.63) is 64.8 Å². The number of hydrogen-bond donors (Lipinski definition) is 0. The Bertz CT molecular complexity index is 817. The molecule has 1 fully saturated rings. The van der Waals surface area contributed by atoms with E-state index in [1.165, 1.54) is 40.9 Å².